The summed E-state index contributed by atoms with van der Waals surface area (Å²) in [4.78, 5) is 11.9. The van der Waals surface area contributed by atoms with Gasteiger partial charge in [-0.2, -0.15) is 0 Å². The molecule has 2 aromatic rings. The smallest absolute Gasteiger partial charge is 0.263 e. The van der Waals surface area contributed by atoms with Crippen molar-refractivity contribution in [1.82, 2.24) is 5.32 Å². The molecule has 0 radical (unpaired) electrons. The van der Waals surface area contributed by atoms with Crippen molar-refractivity contribution in [1.29, 1.82) is 0 Å². The highest BCUT2D eigenvalue weighted by atomic mass is 35.5. The van der Waals surface area contributed by atoms with E-state index in [1.54, 1.807) is 12.1 Å². The molecule has 0 aliphatic rings. The normalized spacial score (nSPS) is 11.4. The van der Waals surface area contributed by atoms with Gasteiger partial charge >= 0.3 is 0 Å². The lowest BCUT2D eigenvalue weighted by Gasteiger charge is -2.14. The number of para-hydroxylation sites is 1. The number of halogens is 2. The molecular formula is C17H18ClFN2O3S. The molecule has 134 valence electrons. The highest BCUT2D eigenvalue weighted by Crippen LogP contribution is 2.26. The third-order valence-corrected chi connectivity index (χ3v) is 5.12. The lowest BCUT2D eigenvalue weighted by molar-refractivity contribution is 0.0950. The van der Waals surface area contributed by atoms with Gasteiger partial charge in [0, 0.05) is 6.54 Å². The number of benzene rings is 2. The van der Waals surface area contributed by atoms with Crippen LogP contribution in [-0.4, -0.2) is 20.9 Å². The first kappa shape index (κ1) is 19.2. The van der Waals surface area contributed by atoms with E-state index in [1.807, 2.05) is 13.8 Å². The third-order valence-electron chi connectivity index (χ3n) is 3.27. The van der Waals surface area contributed by atoms with Gasteiger partial charge in [0.25, 0.3) is 15.9 Å². The highest BCUT2D eigenvalue weighted by molar-refractivity contribution is 7.92. The van der Waals surface area contributed by atoms with Gasteiger partial charge in [-0.15, -0.1) is 0 Å². The summed E-state index contributed by atoms with van der Waals surface area (Å²) in [7, 11) is -4.16. The first-order valence-electron chi connectivity index (χ1n) is 7.56. The molecule has 0 saturated carbocycles. The van der Waals surface area contributed by atoms with Gasteiger partial charge in [-0.1, -0.05) is 37.6 Å². The molecule has 0 unspecified atom stereocenters. The summed E-state index contributed by atoms with van der Waals surface area (Å²) in [6.07, 6.45) is 0. The van der Waals surface area contributed by atoms with Crippen LogP contribution in [0.3, 0.4) is 0 Å². The summed E-state index contributed by atoms with van der Waals surface area (Å²) in [5, 5.41) is 2.61. The molecule has 0 saturated heterocycles. The maximum Gasteiger partial charge on any atom is 0.263 e. The summed E-state index contributed by atoms with van der Waals surface area (Å²) in [6, 6.07) is 9.21. The Balaban J connectivity index is 2.34. The number of carbonyl (C=O) groups is 1. The van der Waals surface area contributed by atoms with E-state index in [-0.39, 0.29) is 22.2 Å². The lowest BCUT2D eigenvalue weighted by Crippen LogP contribution is -2.28. The van der Waals surface area contributed by atoms with Crippen LogP contribution in [-0.2, 0) is 10.0 Å². The first-order valence-corrected chi connectivity index (χ1v) is 9.42. The Bertz CT molecular complexity index is 885. The molecule has 0 aliphatic carbocycles. The Hall–Kier alpha value is -2.12. The average Bonchev–Trinajstić information content (AvgIpc) is 2.55. The molecule has 0 aromatic heterocycles. The maximum absolute atomic E-state index is 13.4. The van der Waals surface area contributed by atoms with Crippen LogP contribution in [0.1, 0.15) is 24.2 Å². The molecule has 0 aliphatic heterocycles. The van der Waals surface area contributed by atoms with Crippen molar-refractivity contribution in [2.75, 3.05) is 11.3 Å². The predicted octanol–water partition coefficient (Wildman–Crippen LogP) is 3.67. The van der Waals surface area contributed by atoms with E-state index in [9.17, 15) is 17.6 Å². The van der Waals surface area contributed by atoms with E-state index in [0.717, 1.165) is 18.2 Å². The molecule has 5 nitrogen and oxygen atoms in total. The van der Waals surface area contributed by atoms with E-state index in [4.69, 9.17) is 11.6 Å². The van der Waals surface area contributed by atoms with Gasteiger partial charge < -0.3 is 5.32 Å². The Morgan fingerprint density at radius 2 is 1.88 bits per heavy atom. The second-order valence-electron chi connectivity index (χ2n) is 5.83. The summed E-state index contributed by atoms with van der Waals surface area (Å²) in [5.74, 6) is -0.885. The Morgan fingerprint density at radius 3 is 2.56 bits per heavy atom. The van der Waals surface area contributed by atoms with Crippen LogP contribution in [0.25, 0.3) is 0 Å². The Morgan fingerprint density at radius 1 is 1.20 bits per heavy atom. The van der Waals surface area contributed by atoms with E-state index in [2.05, 4.69) is 10.0 Å². The SMILES string of the molecule is CC(C)CNC(=O)c1ccccc1NS(=O)(=O)c1cc(F)ccc1Cl. The number of anilines is 1. The fourth-order valence-electron chi connectivity index (χ4n) is 2.05. The number of nitrogens with one attached hydrogen (secondary N) is 2. The Labute approximate surface area is 151 Å². The number of rotatable bonds is 6. The molecule has 0 fully saturated rings. The van der Waals surface area contributed by atoms with E-state index in [0.29, 0.717) is 6.54 Å². The van der Waals surface area contributed by atoms with E-state index >= 15 is 0 Å². The molecule has 2 aromatic carbocycles. The van der Waals surface area contributed by atoms with Crippen molar-refractivity contribution in [3.63, 3.8) is 0 Å². The van der Waals surface area contributed by atoms with Crippen LogP contribution in [0.5, 0.6) is 0 Å². The number of amides is 1. The fourth-order valence-corrected chi connectivity index (χ4v) is 3.64. The number of hydrogen-bond acceptors (Lipinski definition) is 3. The minimum absolute atomic E-state index is 0.0871. The molecule has 2 N–H and O–H groups in total. The molecule has 0 atom stereocenters. The van der Waals surface area contributed by atoms with E-state index in [1.165, 1.54) is 12.1 Å². The summed E-state index contributed by atoms with van der Waals surface area (Å²) in [6.45, 7) is 4.34. The molecular weight excluding hydrogens is 367 g/mol. The topological polar surface area (TPSA) is 75.3 Å². The molecule has 0 spiro atoms. The van der Waals surface area contributed by atoms with Crippen molar-refractivity contribution in [3.8, 4) is 0 Å². The minimum Gasteiger partial charge on any atom is -0.352 e. The lowest BCUT2D eigenvalue weighted by atomic mass is 10.1. The molecule has 1 amide bonds. The zero-order valence-corrected chi connectivity index (χ0v) is 15.3. The summed E-state index contributed by atoms with van der Waals surface area (Å²) < 4.78 is 40.7. The maximum atomic E-state index is 13.4. The van der Waals surface area contributed by atoms with Crippen molar-refractivity contribution < 1.29 is 17.6 Å². The van der Waals surface area contributed by atoms with Gasteiger partial charge in [0.1, 0.15) is 10.7 Å². The third kappa shape index (κ3) is 4.93. The number of hydrogen-bond donors (Lipinski definition) is 2. The monoisotopic (exact) mass is 384 g/mol. The second-order valence-corrected chi connectivity index (χ2v) is 7.89. The van der Waals surface area contributed by atoms with Crippen LogP contribution in [0, 0.1) is 11.7 Å². The molecule has 2 rings (SSSR count). The minimum atomic E-state index is -4.16. The van der Waals surface area contributed by atoms with Crippen molar-refractivity contribution in [2.24, 2.45) is 5.92 Å². The van der Waals surface area contributed by atoms with Crippen LogP contribution in [0.4, 0.5) is 10.1 Å². The first-order chi connectivity index (χ1) is 11.7. The number of carbonyl (C=O) groups excluding carboxylic acids is 1. The fraction of sp³-hybridized carbons (Fsp3) is 0.235. The second kappa shape index (κ2) is 7.84. The van der Waals surface area contributed by atoms with Crippen molar-refractivity contribution in [3.05, 3.63) is 58.9 Å². The molecule has 0 bridgehead atoms. The standard InChI is InChI=1S/C17H18ClFN2O3S/c1-11(2)10-20-17(22)13-5-3-4-6-15(13)21-25(23,24)16-9-12(19)7-8-14(16)18/h3-9,11,21H,10H2,1-2H3,(H,20,22). The van der Waals surface area contributed by atoms with Gasteiger partial charge in [-0.25, -0.2) is 12.8 Å². The number of sulfonamides is 1. The van der Waals surface area contributed by atoms with E-state index < -0.39 is 26.6 Å². The predicted molar refractivity (Wildman–Crippen MR) is 95.8 cm³/mol. The van der Waals surface area contributed by atoms with Crippen LogP contribution in [0.2, 0.25) is 5.02 Å². The van der Waals surface area contributed by atoms with Crippen LogP contribution in [0.15, 0.2) is 47.4 Å². The average molecular weight is 385 g/mol. The zero-order valence-electron chi connectivity index (χ0n) is 13.7. The zero-order chi connectivity index (χ0) is 18.6. The van der Waals surface area contributed by atoms with Crippen molar-refractivity contribution >= 4 is 33.2 Å². The van der Waals surface area contributed by atoms with Gasteiger partial charge in [0.2, 0.25) is 0 Å². The highest BCUT2D eigenvalue weighted by Gasteiger charge is 2.21. The van der Waals surface area contributed by atoms with Gasteiger partial charge in [-0.3, -0.25) is 9.52 Å². The largest absolute Gasteiger partial charge is 0.352 e. The van der Waals surface area contributed by atoms with Gasteiger partial charge in [0.05, 0.1) is 16.3 Å². The van der Waals surface area contributed by atoms with Crippen LogP contribution < -0.4 is 10.0 Å². The molecule has 0 heterocycles. The quantitative estimate of drug-likeness (QED) is 0.797. The van der Waals surface area contributed by atoms with Gasteiger partial charge in [0.15, 0.2) is 0 Å². The molecule has 8 heteroatoms. The summed E-state index contributed by atoms with van der Waals surface area (Å²) >= 11 is 5.87. The summed E-state index contributed by atoms with van der Waals surface area (Å²) in [5.41, 5.74) is 0.253. The van der Waals surface area contributed by atoms with Crippen molar-refractivity contribution in [2.45, 2.75) is 18.7 Å². The van der Waals surface area contributed by atoms with Gasteiger partial charge in [-0.05, 0) is 36.2 Å². The molecule has 25 heavy (non-hydrogen) atoms. The van der Waals surface area contributed by atoms with Crippen LogP contribution >= 0.6 is 11.6 Å². The Kier molecular flexibility index (Phi) is 6.02.